The minimum Gasteiger partial charge on any atom is -0.507 e. The molecule has 1 fully saturated rings. The zero-order valence-electron chi connectivity index (χ0n) is 19.4. The lowest BCUT2D eigenvalue weighted by atomic mass is 9.94. The van der Waals surface area contributed by atoms with Crippen LogP contribution in [0.5, 0.6) is 11.5 Å². The summed E-state index contributed by atoms with van der Waals surface area (Å²) in [4.78, 5) is 27.9. The molecule has 174 valence electrons. The van der Waals surface area contributed by atoms with Crippen molar-refractivity contribution in [2.45, 2.75) is 19.4 Å². The summed E-state index contributed by atoms with van der Waals surface area (Å²) in [6, 6.07) is 21.5. The van der Waals surface area contributed by atoms with E-state index < -0.39 is 17.7 Å². The second-order valence-electron chi connectivity index (χ2n) is 8.21. The number of nitrogens with zero attached hydrogens (tertiary/aromatic N) is 1. The molecular weight excluding hydrogens is 430 g/mol. The van der Waals surface area contributed by atoms with E-state index in [4.69, 9.17) is 9.47 Å². The highest BCUT2D eigenvalue weighted by Gasteiger charge is 2.46. The third-order valence-electron chi connectivity index (χ3n) is 6.07. The normalized spacial score (nSPS) is 17.1. The molecule has 0 spiro atoms. The Bertz CT molecular complexity index is 1230. The first kappa shape index (κ1) is 23.1. The lowest BCUT2D eigenvalue weighted by Gasteiger charge is -2.26. The van der Waals surface area contributed by atoms with Crippen LogP contribution in [0.1, 0.15) is 28.3 Å². The van der Waals surface area contributed by atoms with Gasteiger partial charge in [-0.25, -0.2) is 0 Å². The van der Waals surface area contributed by atoms with Crippen LogP contribution in [0.4, 0.5) is 0 Å². The van der Waals surface area contributed by atoms with Gasteiger partial charge in [-0.1, -0.05) is 66.2 Å². The highest BCUT2D eigenvalue weighted by atomic mass is 16.5. The summed E-state index contributed by atoms with van der Waals surface area (Å²) in [5, 5.41) is 11.2. The first-order valence-corrected chi connectivity index (χ1v) is 11.1. The van der Waals surface area contributed by atoms with Crippen molar-refractivity contribution in [3.63, 3.8) is 0 Å². The maximum atomic E-state index is 13.2. The van der Waals surface area contributed by atoms with Gasteiger partial charge in [0.2, 0.25) is 0 Å². The molecule has 0 aromatic heterocycles. The molecule has 3 aromatic carbocycles. The SMILES string of the molecule is COc1ccc(C2C(=C(O)c3ccc(C)cc3)C(=O)C(=O)N2CCc2ccccc2)cc1OC. The Balaban J connectivity index is 1.82. The summed E-state index contributed by atoms with van der Waals surface area (Å²) in [6.45, 7) is 2.26. The molecule has 1 aliphatic heterocycles. The number of carbonyl (C=O) groups excluding carboxylic acids is 2. The maximum absolute atomic E-state index is 13.2. The van der Waals surface area contributed by atoms with Crippen molar-refractivity contribution >= 4 is 17.4 Å². The quantitative estimate of drug-likeness (QED) is 0.317. The van der Waals surface area contributed by atoms with Crippen LogP contribution >= 0.6 is 0 Å². The van der Waals surface area contributed by atoms with Gasteiger partial charge in [-0.05, 0) is 36.6 Å². The Morgan fingerprint density at radius 3 is 2.24 bits per heavy atom. The standard InChI is InChI=1S/C28H27NO5/c1-18-9-11-20(12-10-18)26(30)24-25(21-13-14-22(33-2)23(17-21)34-3)29(28(32)27(24)31)16-15-19-7-5-4-6-8-19/h4-14,17,25,30H,15-16H2,1-3H3. The number of aryl methyl sites for hydroxylation is 1. The molecular formula is C28H27NO5. The Hall–Kier alpha value is -4.06. The molecule has 1 N–H and O–H groups in total. The number of benzene rings is 3. The number of Topliss-reactive ketones (excluding diaryl/α,β-unsaturated/α-hetero) is 1. The van der Waals surface area contributed by atoms with Crippen molar-refractivity contribution in [2.24, 2.45) is 0 Å². The number of hydrogen-bond acceptors (Lipinski definition) is 5. The van der Waals surface area contributed by atoms with Crippen molar-refractivity contribution in [2.75, 3.05) is 20.8 Å². The average Bonchev–Trinajstić information content (AvgIpc) is 3.12. The van der Waals surface area contributed by atoms with Crippen molar-refractivity contribution < 1.29 is 24.2 Å². The van der Waals surface area contributed by atoms with Gasteiger partial charge in [-0.15, -0.1) is 0 Å². The molecule has 0 bridgehead atoms. The van der Waals surface area contributed by atoms with Crippen LogP contribution < -0.4 is 9.47 Å². The maximum Gasteiger partial charge on any atom is 0.295 e. The molecule has 1 heterocycles. The van der Waals surface area contributed by atoms with Gasteiger partial charge in [-0.3, -0.25) is 9.59 Å². The van der Waals surface area contributed by atoms with Gasteiger partial charge in [-0.2, -0.15) is 0 Å². The fourth-order valence-corrected chi connectivity index (χ4v) is 4.24. The van der Waals surface area contributed by atoms with Gasteiger partial charge in [0.1, 0.15) is 5.76 Å². The monoisotopic (exact) mass is 457 g/mol. The van der Waals surface area contributed by atoms with Crippen LogP contribution in [0.25, 0.3) is 5.76 Å². The summed E-state index contributed by atoms with van der Waals surface area (Å²) in [5.41, 5.74) is 3.27. The number of ketones is 1. The first-order valence-electron chi connectivity index (χ1n) is 11.1. The van der Waals surface area contributed by atoms with Crippen molar-refractivity contribution in [1.82, 2.24) is 4.90 Å². The fourth-order valence-electron chi connectivity index (χ4n) is 4.24. The molecule has 0 aliphatic carbocycles. The molecule has 34 heavy (non-hydrogen) atoms. The summed E-state index contributed by atoms with van der Waals surface area (Å²) in [6.07, 6.45) is 0.572. The van der Waals surface area contributed by atoms with E-state index in [0.717, 1.165) is 11.1 Å². The van der Waals surface area contributed by atoms with Crippen molar-refractivity contribution in [3.8, 4) is 11.5 Å². The second-order valence-corrected chi connectivity index (χ2v) is 8.21. The van der Waals surface area contributed by atoms with Crippen LogP contribution in [0.2, 0.25) is 0 Å². The Labute approximate surface area is 199 Å². The highest BCUT2D eigenvalue weighted by Crippen LogP contribution is 2.42. The summed E-state index contributed by atoms with van der Waals surface area (Å²) in [5.74, 6) is -0.523. The number of aliphatic hydroxyl groups excluding tert-OH is 1. The Morgan fingerprint density at radius 1 is 0.912 bits per heavy atom. The third kappa shape index (κ3) is 4.39. The van der Waals surface area contributed by atoms with E-state index in [-0.39, 0.29) is 11.3 Å². The zero-order chi connectivity index (χ0) is 24.2. The first-order chi connectivity index (χ1) is 16.4. The van der Waals surface area contributed by atoms with Crippen molar-refractivity contribution in [1.29, 1.82) is 0 Å². The molecule has 6 heteroatoms. The molecule has 1 atom stereocenters. The number of hydrogen-bond donors (Lipinski definition) is 1. The number of likely N-dealkylation sites (tertiary alicyclic amines) is 1. The van der Waals surface area contributed by atoms with E-state index in [1.165, 1.54) is 12.0 Å². The van der Waals surface area contributed by atoms with Gasteiger partial charge in [0.15, 0.2) is 11.5 Å². The summed E-state index contributed by atoms with van der Waals surface area (Å²) < 4.78 is 10.8. The van der Waals surface area contributed by atoms with Gasteiger partial charge >= 0.3 is 0 Å². The van der Waals surface area contributed by atoms with Crippen molar-refractivity contribution in [3.05, 3.63) is 101 Å². The number of ether oxygens (including phenoxy) is 2. The minimum absolute atomic E-state index is 0.0640. The molecule has 6 nitrogen and oxygen atoms in total. The number of amides is 1. The average molecular weight is 458 g/mol. The minimum atomic E-state index is -0.759. The van der Waals surface area contributed by atoms with Crippen LogP contribution in [-0.4, -0.2) is 42.5 Å². The second kappa shape index (κ2) is 9.83. The predicted molar refractivity (Wildman–Crippen MR) is 130 cm³/mol. The molecule has 1 unspecified atom stereocenters. The van der Waals surface area contributed by atoms with Gasteiger partial charge in [0, 0.05) is 12.1 Å². The van der Waals surface area contributed by atoms with E-state index in [9.17, 15) is 14.7 Å². The van der Waals surface area contributed by atoms with Crippen LogP contribution in [-0.2, 0) is 16.0 Å². The van der Waals surface area contributed by atoms with Gasteiger partial charge < -0.3 is 19.5 Å². The summed E-state index contributed by atoms with van der Waals surface area (Å²) in [7, 11) is 3.07. The smallest absolute Gasteiger partial charge is 0.295 e. The predicted octanol–water partition coefficient (Wildman–Crippen LogP) is 4.68. The van der Waals surface area contributed by atoms with E-state index in [2.05, 4.69) is 0 Å². The lowest BCUT2D eigenvalue weighted by molar-refractivity contribution is -0.139. The third-order valence-corrected chi connectivity index (χ3v) is 6.07. The molecule has 0 radical (unpaired) electrons. The molecule has 1 amide bonds. The fraction of sp³-hybridized carbons (Fsp3) is 0.214. The van der Waals surface area contributed by atoms with Crippen LogP contribution in [0, 0.1) is 6.92 Å². The number of aliphatic hydroxyl groups is 1. The van der Waals surface area contributed by atoms with E-state index in [1.54, 1.807) is 37.4 Å². The van der Waals surface area contributed by atoms with Crippen LogP contribution in [0.3, 0.4) is 0 Å². The largest absolute Gasteiger partial charge is 0.507 e. The molecule has 0 saturated carbocycles. The number of rotatable bonds is 7. The van der Waals surface area contributed by atoms with E-state index in [1.807, 2.05) is 49.4 Å². The number of carbonyl (C=O) groups is 2. The molecule has 1 saturated heterocycles. The Kier molecular flexibility index (Phi) is 6.68. The Morgan fingerprint density at radius 2 is 1.59 bits per heavy atom. The zero-order valence-corrected chi connectivity index (χ0v) is 19.4. The topological polar surface area (TPSA) is 76.1 Å². The molecule has 3 aromatic rings. The number of methoxy groups -OCH3 is 2. The van der Waals surface area contributed by atoms with Crippen LogP contribution in [0.15, 0.2) is 78.4 Å². The van der Waals surface area contributed by atoms with E-state index >= 15 is 0 Å². The molecule has 4 rings (SSSR count). The lowest BCUT2D eigenvalue weighted by Crippen LogP contribution is -2.31. The summed E-state index contributed by atoms with van der Waals surface area (Å²) >= 11 is 0. The van der Waals surface area contributed by atoms with E-state index in [0.29, 0.717) is 35.6 Å². The van der Waals surface area contributed by atoms with Gasteiger partial charge in [0.05, 0.1) is 25.8 Å². The highest BCUT2D eigenvalue weighted by molar-refractivity contribution is 6.46. The van der Waals surface area contributed by atoms with Gasteiger partial charge in [0.25, 0.3) is 11.7 Å². The molecule has 1 aliphatic rings.